The third-order valence-corrected chi connectivity index (χ3v) is 4.10. The zero-order valence-corrected chi connectivity index (χ0v) is 16.3. The van der Waals surface area contributed by atoms with E-state index in [1.807, 2.05) is 19.1 Å². The molecule has 0 N–H and O–H groups in total. The number of nitrogens with zero attached hydrogens (tertiary/aromatic N) is 2. The summed E-state index contributed by atoms with van der Waals surface area (Å²) < 4.78 is 15.5. The van der Waals surface area contributed by atoms with Crippen LogP contribution in [0.5, 0.6) is 5.75 Å². The maximum absolute atomic E-state index is 12.1. The Kier molecular flexibility index (Phi) is 8.48. The van der Waals surface area contributed by atoms with Crippen molar-refractivity contribution in [1.29, 1.82) is 0 Å². The van der Waals surface area contributed by atoms with Gasteiger partial charge in [-0.25, -0.2) is 4.79 Å². The Hall–Kier alpha value is -2.87. The number of hydrogen-bond acceptors (Lipinski definition) is 6. The third-order valence-electron chi connectivity index (χ3n) is 4.10. The van der Waals surface area contributed by atoms with Crippen molar-refractivity contribution in [2.75, 3.05) is 53.1 Å². The van der Waals surface area contributed by atoms with E-state index in [1.54, 1.807) is 23.1 Å². The van der Waals surface area contributed by atoms with E-state index in [0.717, 1.165) is 11.3 Å². The van der Waals surface area contributed by atoms with Crippen molar-refractivity contribution in [3.05, 3.63) is 35.9 Å². The highest BCUT2D eigenvalue weighted by Crippen LogP contribution is 2.13. The predicted molar refractivity (Wildman–Crippen MR) is 103 cm³/mol. The lowest BCUT2D eigenvalue weighted by Gasteiger charge is -2.28. The molecule has 0 atom stereocenters. The number of carbonyl (C=O) groups is 3. The van der Waals surface area contributed by atoms with Crippen LogP contribution in [0.25, 0.3) is 6.08 Å². The fraction of sp³-hybridized carbons (Fsp3) is 0.450. The summed E-state index contributed by atoms with van der Waals surface area (Å²) in [7, 11) is 1.50. The highest BCUT2D eigenvalue weighted by atomic mass is 16.5. The van der Waals surface area contributed by atoms with Crippen LogP contribution in [-0.2, 0) is 23.9 Å². The lowest BCUT2D eigenvalue weighted by molar-refractivity contribution is -0.149. The summed E-state index contributed by atoms with van der Waals surface area (Å²) in [5, 5.41) is 0. The third kappa shape index (κ3) is 7.03. The fourth-order valence-electron chi connectivity index (χ4n) is 2.50. The van der Waals surface area contributed by atoms with E-state index in [0.29, 0.717) is 32.9 Å². The number of ether oxygens (including phenoxy) is 3. The second-order valence-corrected chi connectivity index (χ2v) is 6.19. The molecule has 152 valence electrons. The Morgan fingerprint density at radius 1 is 1.18 bits per heavy atom. The fourth-order valence-corrected chi connectivity index (χ4v) is 2.50. The zero-order valence-electron chi connectivity index (χ0n) is 16.3. The molecule has 0 spiro atoms. The number of likely N-dealkylation sites (N-methyl/N-ethyl adjacent to an activating group) is 1. The monoisotopic (exact) mass is 390 g/mol. The van der Waals surface area contributed by atoms with Crippen LogP contribution in [0.15, 0.2) is 30.3 Å². The summed E-state index contributed by atoms with van der Waals surface area (Å²) in [5.41, 5.74) is 0.806. The summed E-state index contributed by atoms with van der Waals surface area (Å²) in [4.78, 5) is 38.9. The van der Waals surface area contributed by atoms with Gasteiger partial charge in [0.2, 0.25) is 5.91 Å². The molecule has 28 heavy (non-hydrogen) atoms. The van der Waals surface area contributed by atoms with Gasteiger partial charge in [0.05, 0.1) is 26.4 Å². The maximum atomic E-state index is 12.1. The molecular formula is C20H26N2O6. The first-order valence-corrected chi connectivity index (χ1v) is 9.16. The highest BCUT2D eigenvalue weighted by molar-refractivity contribution is 5.90. The molecule has 0 radical (unpaired) electrons. The molecule has 0 saturated carbocycles. The number of rotatable bonds is 8. The second-order valence-electron chi connectivity index (χ2n) is 6.19. The number of amides is 2. The summed E-state index contributed by atoms with van der Waals surface area (Å²) in [6, 6.07) is 7.23. The van der Waals surface area contributed by atoms with Crippen molar-refractivity contribution in [1.82, 2.24) is 9.80 Å². The van der Waals surface area contributed by atoms with Gasteiger partial charge < -0.3 is 24.0 Å². The minimum atomic E-state index is -0.629. The van der Waals surface area contributed by atoms with E-state index in [4.69, 9.17) is 14.2 Å². The molecule has 1 aliphatic heterocycles. The SMILES string of the molecule is CCOc1ccc(/C=C/C(=O)OCC(=O)N(C)CC(=O)N2CCOCC2)cc1. The largest absolute Gasteiger partial charge is 0.494 e. The van der Waals surface area contributed by atoms with Crippen molar-refractivity contribution >= 4 is 23.9 Å². The predicted octanol–water partition coefficient (Wildman–Crippen LogP) is 0.959. The van der Waals surface area contributed by atoms with Crippen LogP contribution in [0.1, 0.15) is 12.5 Å². The van der Waals surface area contributed by atoms with Gasteiger partial charge in [-0.3, -0.25) is 9.59 Å². The first-order chi connectivity index (χ1) is 13.5. The van der Waals surface area contributed by atoms with E-state index in [2.05, 4.69) is 0 Å². The van der Waals surface area contributed by atoms with Gasteiger partial charge in [0.1, 0.15) is 5.75 Å². The van der Waals surface area contributed by atoms with E-state index >= 15 is 0 Å². The molecule has 1 aromatic carbocycles. The highest BCUT2D eigenvalue weighted by Gasteiger charge is 2.20. The van der Waals surface area contributed by atoms with E-state index in [1.165, 1.54) is 18.0 Å². The van der Waals surface area contributed by atoms with E-state index in [9.17, 15) is 14.4 Å². The Balaban J connectivity index is 1.73. The molecule has 0 unspecified atom stereocenters. The van der Waals surface area contributed by atoms with Crippen molar-refractivity contribution < 1.29 is 28.6 Å². The second kappa shape index (κ2) is 11.1. The topological polar surface area (TPSA) is 85.4 Å². The summed E-state index contributed by atoms with van der Waals surface area (Å²) >= 11 is 0. The minimum absolute atomic E-state index is 0.0571. The molecule has 0 aliphatic carbocycles. The number of morpholine rings is 1. The first kappa shape index (κ1) is 21.4. The molecule has 1 aromatic rings. The van der Waals surface area contributed by atoms with Crippen LogP contribution in [-0.4, -0.2) is 80.7 Å². The Labute approximate surface area is 164 Å². The molecule has 1 aliphatic rings. The van der Waals surface area contributed by atoms with Crippen LogP contribution >= 0.6 is 0 Å². The first-order valence-electron chi connectivity index (χ1n) is 9.16. The molecule has 0 bridgehead atoms. The number of carbonyl (C=O) groups excluding carboxylic acids is 3. The Bertz CT molecular complexity index is 695. The molecule has 0 aromatic heterocycles. The van der Waals surface area contributed by atoms with Gasteiger partial charge in [-0.05, 0) is 30.7 Å². The van der Waals surface area contributed by atoms with Crippen molar-refractivity contribution in [3.8, 4) is 5.75 Å². The van der Waals surface area contributed by atoms with Gasteiger partial charge >= 0.3 is 5.97 Å². The van der Waals surface area contributed by atoms with Crippen LogP contribution in [0.3, 0.4) is 0 Å². The minimum Gasteiger partial charge on any atom is -0.494 e. The summed E-state index contributed by atoms with van der Waals surface area (Å²) in [6.07, 6.45) is 2.84. The van der Waals surface area contributed by atoms with Gasteiger partial charge in [0.25, 0.3) is 5.91 Å². The maximum Gasteiger partial charge on any atom is 0.331 e. The van der Waals surface area contributed by atoms with E-state index in [-0.39, 0.29) is 12.5 Å². The molecule has 2 rings (SSSR count). The van der Waals surface area contributed by atoms with Crippen LogP contribution in [0.2, 0.25) is 0 Å². The van der Waals surface area contributed by atoms with Gasteiger partial charge in [-0.2, -0.15) is 0 Å². The zero-order chi connectivity index (χ0) is 20.4. The lowest BCUT2D eigenvalue weighted by atomic mass is 10.2. The Morgan fingerprint density at radius 2 is 1.86 bits per heavy atom. The smallest absolute Gasteiger partial charge is 0.331 e. The molecule has 8 nitrogen and oxygen atoms in total. The Morgan fingerprint density at radius 3 is 2.50 bits per heavy atom. The van der Waals surface area contributed by atoms with Gasteiger partial charge in [0.15, 0.2) is 6.61 Å². The molecule has 1 fully saturated rings. The average molecular weight is 390 g/mol. The van der Waals surface area contributed by atoms with Crippen LogP contribution < -0.4 is 4.74 Å². The number of esters is 1. The molecule has 1 saturated heterocycles. The standard InChI is InChI=1S/C20H26N2O6/c1-3-27-17-7-4-16(5-8-17)6-9-20(25)28-15-19(24)21(2)14-18(23)22-10-12-26-13-11-22/h4-9H,3,10-15H2,1-2H3/b9-6+. The molecule has 1 heterocycles. The number of benzene rings is 1. The van der Waals surface area contributed by atoms with Crippen molar-refractivity contribution in [2.45, 2.75) is 6.92 Å². The van der Waals surface area contributed by atoms with Crippen LogP contribution in [0.4, 0.5) is 0 Å². The van der Waals surface area contributed by atoms with E-state index < -0.39 is 18.5 Å². The quantitative estimate of drug-likeness (QED) is 0.486. The average Bonchev–Trinajstić information content (AvgIpc) is 2.72. The van der Waals surface area contributed by atoms with Gasteiger partial charge in [-0.1, -0.05) is 12.1 Å². The molecule has 8 heteroatoms. The number of hydrogen-bond donors (Lipinski definition) is 0. The lowest BCUT2D eigenvalue weighted by Crippen LogP contribution is -2.46. The normalized spacial score (nSPS) is 14.0. The summed E-state index contributed by atoms with van der Waals surface area (Å²) in [6.45, 7) is 4.06. The van der Waals surface area contributed by atoms with Gasteiger partial charge in [-0.15, -0.1) is 0 Å². The summed E-state index contributed by atoms with van der Waals surface area (Å²) in [5.74, 6) is -0.470. The van der Waals surface area contributed by atoms with Crippen molar-refractivity contribution in [2.24, 2.45) is 0 Å². The van der Waals surface area contributed by atoms with Crippen molar-refractivity contribution in [3.63, 3.8) is 0 Å². The molecular weight excluding hydrogens is 364 g/mol. The van der Waals surface area contributed by atoms with Crippen LogP contribution in [0, 0.1) is 0 Å². The molecule has 2 amide bonds. The van der Waals surface area contributed by atoms with Gasteiger partial charge in [0, 0.05) is 26.2 Å².